The van der Waals surface area contributed by atoms with Crippen LogP contribution in [0.2, 0.25) is 0 Å². The molecule has 0 saturated carbocycles. The zero-order valence-electron chi connectivity index (χ0n) is 20.5. The van der Waals surface area contributed by atoms with Gasteiger partial charge in [-0.25, -0.2) is 4.98 Å². The summed E-state index contributed by atoms with van der Waals surface area (Å²) in [5.74, 6) is 1.71. The quantitative estimate of drug-likeness (QED) is 0.577. The number of carbonyl (C=O) groups excluding carboxylic acids is 1. The highest BCUT2D eigenvalue weighted by molar-refractivity contribution is 5.84. The minimum Gasteiger partial charge on any atom is -0.378 e. The summed E-state index contributed by atoms with van der Waals surface area (Å²) in [6.45, 7) is 15.7. The Hall–Kier alpha value is -2.46. The molecule has 182 valence electrons. The van der Waals surface area contributed by atoms with Crippen LogP contribution in [0, 0.1) is 0 Å². The molecule has 0 spiro atoms. The first-order valence-electron chi connectivity index (χ1n) is 12.3. The molecule has 2 aliphatic heterocycles. The Balaban J connectivity index is 1.56. The third-order valence-corrected chi connectivity index (χ3v) is 6.52. The number of nitrogens with zero attached hydrogens (tertiary/aromatic N) is 7. The number of ether oxygens (including phenoxy) is 1. The van der Waals surface area contributed by atoms with Gasteiger partial charge in [-0.3, -0.25) is 9.69 Å². The Morgan fingerprint density at radius 3 is 2.52 bits per heavy atom. The molecule has 0 bridgehead atoms. The van der Waals surface area contributed by atoms with Crippen LogP contribution in [0.15, 0.2) is 6.33 Å². The van der Waals surface area contributed by atoms with Gasteiger partial charge < -0.3 is 24.4 Å². The first kappa shape index (κ1) is 23.7. The number of fused-ring (bicyclic) bond motifs is 1. The average Bonchev–Trinajstić information content (AvgIpc) is 3.40. The Morgan fingerprint density at radius 1 is 1.09 bits per heavy atom. The lowest BCUT2D eigenvalue weighted by Gasteiger charge is -2.30. The molecule has 0 atom stereocenters. The van der Waals surface area contributed by atoms with Gasteiger partial charge in [0.15, 0.2) is 17.0 Å². The molecular weight excluding hydrogens is 420 g/mol. The second-order valence-electron chi connectivity index (χ2n) is 9.42. The van der Waals surface area contributed by atoms with Crippen LogP contribution in [0.4, 0.5) is 11.8 Å². The van der Waals surface area contributed by atoms with Crippen molar-refractivity contribution in [2.24, 2.45) is 0 Å². The Kier molecular flexibility index (Phi) is 7.64. The summed E-state index contributed by atoms with van der Waals surface area (Å²) < 4.78 is 7.56. The summed E-state index contributed by atoms with van der Waals surface area (Å²) in [5.41, 5.74) is 1.59. The van der Waals surface area contributed by atoms with E-state index in [1.165, 1.54) is 0 Å². The third kappa shape index (κ3) is 5.55. The number of likely N-dealkylation sites (tertiary alicyclic amines) is 1. The molecule has 2 aromatic heterocycles. The lowest BCUT2D eigenvalue weighted by atomic mass is 10.2. The normalized spacial score (nSPS) is 17.4. The largest absolute Gasteiger partial charge is 0.378 e. The molecule has 0 aliphatic carbocycles. The molecule has 2 aromatic rings. The van der Waals surface area contributed by atoms with Crippen LogP contribution >= 0.6 is 0 Å². The lowest BCUT2D eigenvalue weighted by Crippen LogP contribution is -2.40. The van der Waals surface area contributed by atoms with E-state index in [1.807, 2.05) is 15.8 Å². The van der Waals surface area contributed by atoms with Gasteiger partial charge >= 0.3 is 0 Å². The van der Waals surface area contributed by atoms with Gasteiger partial charge in [0, 0.05) is 64.3 Å². The minimum absolute atomic E-state index is 0.241. The number of aromatic nitrogens is 4. The summed E-state index contributed by atoms with van der Waals surface area (Å²) in [6.07, 6.45) is 3.43. The van der Waals surface area contributed by atoms with Crippen LogP contribution < -0.4 is 10.2 Å². The summed E-state index contributed by atoms with van der Waals surface area (Å²) >= 11 is 0. The lowest BCUT2D eigenvalue weighted by molar-refractivity contribution is -0.127. The fraction of sp³-hybridized carbons (Fsp3) is 0.739. The van der Waals surface area contributed by atoms with Crippen LogP contribution in [-0.2, 0) is 16.1 Å². The molecule has 2 fully saturated rings. The second kappa shape index (κ2) is 10.6. The number of morpholine rings is 1. The molecule has 0 radical (unpaired) electrons. The van der Waals surface area contributed by atoms with Gasteiger partial charge in [-0.1, -0.05) is 0 Å². The van der Waals surface area contributed by atoms with Crippen molar-refractivity contribution in [2.45, 2.75) is 59.2 Å². The highest BCUT2D eigenvalue weighted by atomic mass is 16.5. The zero-order chi connectivity index (χ0) is 23.4. The van der Waals surface area contributed by atoms with Crippen LogP contribution in [0.3, 0.4) is 0 Å². The molecular formula is C23H38N8O2. The summed E-state index contributed by atoms with van der Waals surface area (Å²) in [7, 11) is 0. The minimum atomic E-state index is 0.241. The van der Waals surface area contributed by atoms with E-state index in [2.05, 4.69) is 47.8 Å². The number of imidazole rings is 1. The highest BCUT2D eigenvalue weighted by Gasteiger charge is 2.22. The van der Waals surface area contributed by atoms with E-state index in [4.69, 9.17) is 14.7 Å². The van der Waals surface area contributed by atoms with Crippen molar-refractivity contribution in [2.75, 3.05) is 62.7 Å². The number of amides is 1. The van der Waals surface area contributed by atoms with Crippen molar-refractivity contribution in [1.29, 1.82) is 0 Å². The van der Waals surface area contributed by atoms with E-state index in [0.717, 1.165) is 56.1 Å². The molecule has 4 heterocycles. The SMILES string of the molecule is CC(C)N(CCNc1nc(N2CCOCC2)nc2c1ncn2CCN1CCCC1=O)C(C)C. The third-order valence-electron chi connectivity index (χ3n) is 6.52. The highest BCUT2D eigenvalue weighted by Crippen LogP contribution is 2.23. The molecule has 33 heavy (non-hydrogen) atoms. The maximum atomic E-state index is 12.0. The Labute approximate surface area is 196 Å². The predicted octanol–water partition coefficient (Wildman–Crippen LogP) is 1.82. The van der Waals surface area contributed by atoms with E-state index in [0.29, 0.717) is 50.8 Å². The van der Waals surface area contributed by atoms with Gasteiger partial charge in [-0.2, -0.15) is 9.97 Å². The van der Waals surface area contributed by atoms with Crippen molar-refractivity contribution >= 4 is 28.8 Å². The smallest absolute Gasteiger partial charge is 0.229 e. The van der Waals surface area contributed by atoms with Crippen molar-refractivity contribution < 1.29 is 9.53 Å². The molecule has 0 unspecified atom stereocenters. The second-order valence-corrected chi connectivity index (χ2v) is 9.42. The summed E-state index contributed by atoms with van der Waals surface area (Å²) in [6, 6.07) is 0.960. The fourth-order valence-corrected chi connectivity index (χ4v) is 4.71. The Morgan fingerprint density at radius 2 is 1.85 bits per heavy atom. The molecule has 10 nitrogen and oxygen atoms in total. The number of nitrogens with one attached hydrogen (secondary N) is 1. The fourth-order valence-electron chi connectivity index (χ4n) is 4.71. The van der Waals surface area contributed by atoms with E-state index in [1.54, 1.807) is 0 Å². The van der Waals surface area contributed by atoms with Crippen molar-refractivity contribution in [3.8, 4) is 0 Å². The molecule has 2 saturated heterocycles. The maximum absolute atomic E-state index is 12.0. The zero-order valence-corrected chi connectivity index (χ0v) is 20.5. The monoisotopic (exact) mass is 458 g/mol. The first-order valence-corrected chi connectivity index (χ1v) is 12.3. The Bertz CT molecular complexity index is 930. The van der Waals surface area contributed by atoms with Crippen LogP contribution in [0.5, 0.6) is 0 Å². The molecule has 0 aromatic carbocycles. The van der Waals surface area contributed by atoms with Crippen molar-refractivity contribution in [3.63, 3.8) is 0 Å². The standard InChI is InChI=1S/C23H38N8O2/c1-17(2)31(18(3)4)9-7-24-21-20-22(27-23(26-21)29-12-14-33-15-13-29)30(16-25-20)11-10-28-8-5-6-19(28)32/h16-18H,5-15H2,1-4H3,(H,24,26,27). The van der Waals surface area contributed by atoms with Gasteiger partial charge in [0.2, 0.25) is 11.9 Å². The maximum Gasteiger partial charge on any atom is 0.229 e. The molecule has 1 N–H and O–H groups in total. The molecule has 2 aliphatic rings. The molecule has 10 heteroatoms. The van der Waals surface area contributed by atoms with Crippen LogP contribution in [0.25, 0.3) is 11.2 Å². The van der Waals surface area contributed by atoms with Crippen LogP contribution in [0.1, 0.15) is 40.5 Å². The average molecular weight is 459 g/mol. The summed E-state index contributed by atoms with van der Waals surface area (Å²) in [4.78, 5) is 33.0. The molecule has 4 rings (SSSR count). The van der Waals surface area contributed by atoms with E-state index >= 15 is 0 Å². The number of anilines is 2. The van der Waals surface area contributed by atoms with Gasteiger partial charge in [0.05, 0.1) is 19.5 Å². The predicted molar refractivity (Wildman–Crippen MR) is 130 cm³/mol. The van der Waals surface area contributed by atoms with E-state index in [9.17, 15) is 4.79 Å². The van der Waals surface area contributed by atoms with Crippen molar-refractivity contribution in [1.82, 2.24) is 29.3 Å². The first-order chi connectivity index (χ1) is 15.9. The number of hydrogen-bond acceptors (Lipinski definition) is 8. The van der Waals surface area contributed by atoms with Gasteiger partial charge in [-0.05, 0) is 34.1 Å². The van der Waals surface area contributed by atoms with E-state index < -0.39 is 0 Å². The number of hydrogen-bond donors (Lipinski definition) is 1. The summed E-state index contributed by atoms with van der Waals surface area (Å²) in [5, 5.41) is 3.53. The number of rotatable bonds is 10. The van der Waals surface area contributed by atoms with Gasteiger partial charge in [0.25, 0.3) is 0 Å². The van der Waals surface area contributed by atoms with Crippen molar-refractivity contribution in [3.05, 3.63) is 6.33 Å². The van der Waals surface area contributed by atoms with Gasteiger partial charge in [0.1, 0.15) is 0 Å². The number of carbonyl (C=O) groups is 1. The van der Waals surface area contributed by atoms with Gasteiger partial charge in [-0.15, -0.1) is 0 Å². The topological polar surface area (TPSA) is 91.7 Å². The molecule has 1 amide bonds. The van der Waals surface area contributed by atoms with Crippen LogP contribution in [-0.4, -0.2) is 99.8 Å². The van der Waals surface area contributed by atoms with E-state index in [-0.39, 0.29) is 5.91 Å².